The van der Waals surface area contributed by atoms with Gasteiger partial charge in [0, 0.05) is 50.1 Å². The van der Waals surface area contributed by atoms with Crippen molar-refractivity contribution in [2.75, 3.05) is 19.6 Å². The van der Waals surface area contributed by atoms with Crippen LogP contribution < -0.4 is 0 Å². The molecule has 8 nitrogen and oxygen atoms in total. The van der Waals surface area contributed by atoms with Gasteiger partial charge in [0.2, 0.25) is 0 Å². The van der Waals surface area contributed by atoms with Gasteiger partial charge in [-0.15, -0.1) is 0 Å². The highest BCUT2D eigenvalue weighted by Gasteiger charge is 2.27. The quantitative estimate of drug-likeness (QED) is 0.398. The van der Waals surface area contributed by atoms with Gasteiger partial charge in [-0.2, -0.15) is 5.26 Å². The lowest BCUT2D eigenvalue weighted by molar-refractivity contribution is 0.190. The normalized spacial score (nSPS) is 15.8. The average Bonchev–Trinajstić information content (AvgIpc) is 3.45. The third kappa shape index (κ3) is 3.87. The average molecular weight is 477 g/mol. The number of fused-ring (bicyclic) bond motifs is 3. The SMILES string of the molecule is CCCc1nc2cnc3c(ccn3S(=O)(=O)c3ccccc3)c2n1C1CCN(CCC#N)CC1. The number of piperidine rings is 1. The Morgan fingerprint density at radius 3 is 2.62 bits per heavy atom. The van der Waals surface area contributed by atoms with E-state index in [1.54, 1.807) is 42.7 Å². The maximum atomic E-state index is 13.3. The van der Waals surface area contributed by atoms with E-state index < -0.39 is 10.0 Å². The lowest BCUT2D eigenvalue weighted by Gasteiger charge is -2.33. The van der Waals surface area contributed by atoms with E-state index in [1.807, 2.05) is 6.07 Å². The molecular formula is C25H28N6O2S. The summed E-state index contributed by atoms with van der Waals surface area (Å²) in [5, 5.41) is 9.71. The summed E-state index contributed by atoms with van der Waals surface area (Å²) in [5.74, 6) is 1.03. The number of nitriles is 1. The van der Waals surface area contributed by atoms with Crippen LogP contribution in [0.5, 0.6) is 0 Å². The van der Waals surface area contributed by atoms with Crippen LogP contribution in [0.15, 0.2) is 53.7 Å². The van der Waals surface area contributed by atoms with Crippen molar-refractivity contribution < 1.29 is 8.42 Å². The van der Waals surface area contributed by atoms with Gasteiger partial charge in [0.25, 0.3) is 10.0 Å². The van der Waals surface area contributed by atoms with Crippen molar-refractivity contribution >= 4 is 32.1 Å². The van der Waals surface area contributed by atoms with Crippen LogP contribution in [0.25, 0.3) is 22.1 Å². The van der Waals surface area contributed by atoms with E-state index >= 15 is 0 Å². The Labute approximate surface area is 199 Å². The van der Waals surface area contributed by atoms with Gasteiger partial charge in [-0.1, -0.05) is 25.1 Å². The van der Waals surface area contributed by atoms with Crippen molar-refractivity contribution in [1.29, 1.82) is 5.26 Å². The summed E-state index contributed by atoms with van der Waals surface area (Å²) < 4.78 is 30.3. The standard InChI is InChI=1S/C25H28N6O2S/c1-2-7-23-28-22-18-27-25-21(12-17-30(25)34(32,33)20-8-4-3-5-9-20)24(22)31(23)19-10-15-29(16-11-19)14-6-13-26/h3-5,8-9,12,17-19H,2,6-7,10-11,14-16H2,1H3. The molecule has 0 amide bonds. The summed E-state index contributed by atoms with van der Waals surface area (Å²) in [7, 11) is -3.76. The summed E-state index contributed by atoms with van der Waals surface area (Å²) >= 11 is 0. The van der Waals surface area contributed by atoms with Crippen molar-refractivity contribution in [3.63, 3.8) is 0 Å². The monoisotopic (exact) mass is 476 g/mol. The van der Waals surface area contributed by atoms with E-state index in [9.17, 15) is 8.42 Å². The highest BCUT2D eigenvalue weighted by molar-refractivity contribution is 7.90. The molecule has 0 spiro atoms. The minimum atomic E-state index is -3.76. The van der Waals surface area contributed by atoms with Crippen molar-refractivity contribution in [3.8, 4) is 6.07 Å². The van der Waals surface area contributed by atoms with Crippen molar-refractivity contribution in [1.82, 2.24) is 23.4 Å². The molecule has 0 atom stereocenters. The van der Waals surface area contributed by atoms with Gasteiger partial charge in [-0.25, -0.2) is 22.4 Å². The fourth-order valence-electron chi connectivity index (χ4n) is 5.00. The third-order valence-corrected chi connectivity index (χ3v) is 8.32. The van der Waals surface area contributed by atoms with E-state index in [4.69, 9.17) is 10.2 Å². The number of aryl methyl sites for hydroxylation is 1. The summed E-state index contributed by atoms with van der Waals surface area (Å²) in [6.45, 7) is 4.83. The number of aromatic nitrogens is 4. The van der Waals surface area contributed by atoms with Gasteiger partial charge in [-0.05, 0) is 37.5 Å². The summed E-state index contributed by atoms with van der Waals surface area (Å²) in [5.41, 5.74) is 2.19. The fraction of sp³-hybridized carbons (Fsp3) is 0.400. The molecule has 0 N–H and O–H groups in total. The molecule has 176 valence electrons. The van der Waals surface area contributed by atoms with Gasteiger partial charge in [0.1, 0.15) is 11.3 Å². The molecule has 4 heterocycles. The minimum Gasteiger partial charge on any atom is -0.324 e. The zero-order chi connectivity index (χ0) is 23.7. The van der Waals surface area contributed by atoms with Crippen LogP contribution in [0, 0.1) is 11.3 Å². The number of imidazole rings is 1. The van der Waals surface area contributed by atoms with Crippen LogP contribution in [0.2, 0.25) is 0 Å². The molecule has 0 bridgehead atoms. The number of pyridine rings is 1. The largest absolute Gasteiger partial charge is 0.324 e. The van der Waals surface area contributed by atoms with Crippen LogP contribution in [-0.2, 0) is 16.4 Å². The molecule has 1 fully saturated rings. The predicted octanol–water partition coefficient (Wildman–Crippen LogP) is 4.13. The highest BCUT2D eigenvalue weighted by Crippen LogP contribution is 2.34. The molecule has 0 unspecified atom stereocenters. The van der Waals surface area contributed by atoms with Crippen molar-refractivity contribution in [3.05, 3.63) is 54.6 Å². The van der Waals surface area contributed by atoms with E-state index in [1.165, 1.54) is 3.97 Å². The Balaban J connectivity index is 1.61. The molecule has 3 aromatic heterocycles. The molecule has 1 aliphatic rings. The molecule has 34 heavy (non-hydrogen) atoms. The highest BCUT2D eigenvalue weighted by atomic mass is 32.2. The molecule has 9 heteroatoms. The first-order chi connectivity index (χ1) is 16.5. The van der Waals surface area contributed by atoms with Gasteiger partial charge >= 0.3 is 0 Å². The number of hydrogen-bond acceptors (Lipinski definition) is 6. The molecule has 4 aromatic rings. The molecule has 1 saturated heterocycles. The Morgan fingerprint density at radius 1 is 1.15 bits per heavy atom. The van der Waals surface area contributed by atoms with Gasteiger partial charge in [-0.3, -0.25) is 0 Å². The minimum absolute atomic E-state index is 0.235. The first kappa shape index (κ1) is 22.6. The summed E-state index contributed by atoms with van der Waals surface area (Å²) in [6, 6.07) is 12.8. The molecule has 0 saturated carbocycles. The number of hydrogen-bond donors (Lipinski definition) is 0. The molecule has 1 aromatic carbocycles. The molecule has 0 radical (unpaired) electrons. The van der Waals surface area contributed by atoms with Crippen LogP contribution >= 0.6 is 0 Å². The number of nitrogens with zero attached hydrogens (tertiary/aromatic N) is 6. The van der Waals surface area contributed by atoms with Gasteiger partial charge in [0.05, 0.1) is 22.7 Å². The number of rotatable bonds is 7. The first-order valence-electron chi connectivity index (χ1n) is 11.8. The van der Waals surface area contributed by atoms with E-state index in [-0.39, 0.29) is 10.9 Å². The van der Waals surface area contributed by atoms with Crippen LogP contribution in [-0.4, -0.2) is 51.5 Å². The van der Waals surface area contributed by atoms with E-state index in [0.29, 0.717) is 12.1 Å². The topological polar surface area (TPSA) is 96.8 Å². The molecule has 0 aliphatic carbocycles. The third-order valence-electron chi connectivity index (χ3n) is 6.64. The molecule has 5 rings (SSSR count). The van der Waals surface area contributed by atoms with Crippen LogP contribution in [0.4, 0.5) is 0 Å². The van der Waals surface area contributed by atoms with Gasteiger partial charge < -0.3 is 9.47 Å². The smallest absolute Gasteiger partial charge is 0.269 e. The van der Waals surface area contributed by atoms with E-state index in [2.05, 4.69) is 27.4 Å². The van der Waals surface area contributed by atoms with Crippen molar-refractivity contribution in [2.45, 2.75) is 50.0 Å². The van der Waals surface area contributed by atoms with Gasteiger partial charge in [0.15, 0.2) is 5.65 Å². The Bertz CT molecular complexity index is 1460. The maximum Gasteiger partial charge on any atom is 0.269 e. The fourth-order valence-corrected chi connectivity index (χ4v) is 6.32. The lowest BCUT2D eigenvalue weighted by atomic mass is 10.0. The Hall–Kier alpha value is -3.22. The maximum absolute atomic E-state index is 13.3. The predicted molar refractivity (Wildman–Crippen MR) is 131 cm³/mol. The second-order valence-electron chi connectivity index (χ2n) is 8.79. The summed E-state index contributed by atoms with van der Waals surface area (Å²) in [4.78, 5) is 12.0. The first-order valence-corrected chi connectivity index (χ1v) is 13.3. The number of benzene rings is 1. The lowest BCUT2D eigenvalue weighted by Crippen LogP contribution is -2.35. The van der Waals surface area contributed by atoms with E-state index in [0.717, 1.165) is 67.6 Å². The summed E-state index contributed by atoms with van der Waals surface area (Å²) in [6.07, 6.45) is 7.63. The second-order valence-corrected chi connectivity index (χ2v) is 10.6. The van der Waals surface area contributed by atoms with Crippen LogP contribution in [0.3, 0.4) is 0 Å². The Kier molecular flexibility index (Phi) is 6.11. The molecule has 1 aliphatic heterocycles. The zero-order valence-corrected chi connectivity index (χ0v) is 20.1. The number of likely N-dealkylation sites (tertiary alicyclic amines) is 1. The van der Waals surface area contributed by atoms with Crippen LogP contribution in [0.1, 0.15) is 44.5 Å². The Morgan fingerprint density at radius 2 is 1.91 bits per heavy atom. The second kappa shape index (κ2) is 9.20. The van der Waals surface area contributed by atoms with Crippen molar-refractivity contribution in [2.24, 2.45) is 0 Å². The molecular weight excluding hydrogens is 448 g/mol. The zero-order valence-electron chi connectivity index (χ0n) is 19.3.